The molecule has 19 heavy (non-hydrogen) atoms. The SMILES string of the molecule is CC1(NC(=O)[C@H](N)Cc2ccccc2)CCCCC1. The zero-order chi connectivity index (χ0) is 13.7. The van der Waals surface area contributed by atoms with Gasteiger partial charge in [-0.15, -0.1) is 0 Å². The van der Waals surface area contributed by atoms with Crippen LogP contribution in [0.2, 0.25) is 0 Å². The van der Waals surface area contributed by atoms with Crippen LogP contribution in [0.1, 0.15) is 44.6 Å². The lowest BCUT2D eigenvalue weighted by molar-refractivity contribution is -0.124. The third kappa shape index (κ3) is 4.06. The molecule has 0 saturated heterocycles. The minimum Gasteiger partial charge on any atom is -0.350 e. The van der Waals surface area contributed by atoms with E-state index in [0.29, 0.717) is 6.42 Å². The maximum absolute atomic E-state index is 12.2. The minimum absolute atomic E-state index is 0.0201. The number of amides is 1. The molecule has 1 aromatic rings. The number of carbonyl (C=O) groups excluding carboxylic acids is 1. The third-order valence-corrected chi connectivity index (χ3v) is 4.02. The van der Waals surface area contributed by atoms with Crippen LogP contribution in [0.15, 0.2) is 30.3 Å². The van der Waals surface area contributed by atoms with Gasteiger partial charge in [0.15, 0.2) is 0 Å². The lowest BCUT2D eigenvalue weighted by atomic mass is 9.83. The highest BCUT2D eigenvalue weighted by Gasteiger charge is 2.29. The Balaban J connectivity index is 1.88. The first-order chi connectivity index (χ1) is 9.09. The predicted octanol–water partition coefficient (Wildman–Crippen LogP) is 2.40. The van der Waals surface area contributed by atoms with Crippen molar-refractivity contribution in [1.29, 1.82) is 0 Å². The molecule has 3 nitrogen and oxygen atoms in total. The highest BCUT2D eigenvalue weighted by Crippen LogP contribution is 2.27. The van der Waals surface area contributed by atoms with Gasteiger partial charge < -0.3 is 11.1 Å². The molecule has 0 spiro atoms. The summed E-state index contributed by atoms with van der Waals surface area (Å²) < 4.78 is 0. The van der Waals surface area contributed by atoms with Gasteiger partial charge in [-0.2, -0.15) is 0 Å². The molecule has 1 saturated carbocycles. The van der Waals surface area contributed by atoms with Crippen LogP contribution in [-0.2, 0) is 11.2 Å². The molecule has 3 N–H and O–H groups in total. The van der Waals surface area contributed by atoms with Gasteiger partial charge in [-0.25, -0.2) is 0 Å². The Labute approximate surface area is 115 Å². The summed E-state index contributed by atoms with van der Waals surface area (Å²) in [7, 11) is 0. The standard InChI is InChI=1S/C16H24N2O/c1-16(10-6-3-7-11-16)18-15(19)14(17)12-13-8-4-2-5-9-13/h2,4-5,8-9,14H,3,6-7,10-12,17H2,1H3,(H,18,19)/t14-/m1/s1. The van der Waals surface area contributed by atoms with Crippen molar-refractivity contribution in [1.82, 2.24) is 5.32 Å². The van der Waals surface area contributed by atoms with E-state index in [1.165, 1.54) is 19.3 Å². The average molecular weight is 260 g/mol. The van der Waals surface area contributed by atoms with E-state index in [1.54, 1.807) is 0 Å². The second-order valence-corrected chi connectivity index (χ2v) is 5.91. The Morgan fingerprint density at radius 3 is 2.53 bits per heavy atom. The fourth-order valence-electron chi connectivity index (χ4n) is 2.81. The van der Waals surface area contributed by atoms with Crippen molar-refractivity contribution in [3.8, 4) is 0 Å². The molecule has 0 unspecified atom stereocenters. The average Bonchev–Trinajstić information content (AvgIpc) is 2.40. The molecule has 1 aliphatic rings. The first kappa shape index (κ1) is 14.1. The monoisotopic (exact) mass is 260 g/mol. The zero-order valence-corrected chi connectivity index (χ0v) is 11.7. The fraction of sp³-hybridized carbons (Fsp3) is 0.562. The molecule has 1 aromatic carbocycles. The molecule has 0 bridgehead atoms. The van der Waals surface area contributed by atoms with E-state index in [-0.39, 0.29) is 11.4 Å². The van der Waals surface area contributed by atoms with Crippen molar-refractivity contribution in [2.75, 3.05) is 0 Å². The van der Waals surface area contributed by atoms with Crippen LogP contribution in [-0.4, -0.2) is 17.5 Å². The van der Waals surface area contributed by atoms with Gasteiger partial charge in [0, 0.05) is 5.54 Å². The van der Waals surface area contributed by atoms with E-state index >= 15 is 0 Å². The maximum Gasteiger partial charge on any atom is 0.237 e. The van der Waals surface area contributed by atoms with Crippen molar-refractivity contribution in [3.63, 3.8) is 0 Å². The minimum atomic E-state index is -0.457. The van der Waals surface area contributed by atoms with E-state index in [4.69, 9.17) is 5.73 Å². The van der Waals surface area contributed by atoms with Crippen molar-refractivity contribution < 1.29 is 4.79 Å². The van der Waals surface area contributed by atoms with E-state index in [9.17, 15) is 4.79 Å². The molecule has 104 valence electrons. The predicted molar refractivity (Wildman–Crippen MR) is 77.8 cm³/mol. The number of nitrogens with two attached hydrogens (primary N) is 1. The number of benzene rings is 1. The van der Waals surface area contributed by atoms with Crippen LogP contribution < -0.4 is 11.1 Å². The molecular formula is C16H24N2O. The molecular weight excluding hydrogens is 236 g/mol. The molecule has 1 aliphatic carbocycles. The number of hydrogen-bond acceptors (Lipinski definition) is 2. The Morgan fingerprint density at radius 1 is 1.26 bits per heavy atom. The summed E-state index contributed by atoms with van der Waals surface area (Å²) in [6, 6.07) is 9.48. The van der Waals surface area contributed by atoms with Crippen LogP contribution in [0.25, 0.3) is 0 Å². The molecule has 3 heteroatoms. The topological polar surface area (TPSA) is 55.1 Å². The van der Waals surface area contributed by atoms with Crippen LogP contribution >= 0.6 is 0 Å². The third-order valence-electron chi connectivity index (χ3n) is 4.02. The van der Waals surface area contributed by atoms with Crippen LogP contribution in [0.3, 0.4) is 0 Å². The van der Waals surface area contributed by atoms with Crippen molar-refractivity contribution >= 4 is 5.91 Å². The summed E-state index contributed by atoms with van der Waals surface area (Å²) in [6.07, 6.45) is 6.41. The zero-order valence-electron chi connectivity index (χ0n) is 11.7. The molecule has 0 aromatic heterocycles. The molecule has 0 heterocycles. The maximum atomic E-state index is 12.2. The summed E-state index contributed by atoms with van der Waals surface area (Å²) in [6.45, 7) is 2.14. The van der Waals surface area contributed by atoms with E-state index in [2.05, 4.69) is 12.2 Å². The number of rotatable bonds is 4. The van der Waals surface area contributed by atoms with Gasteiger partial charge in [0.25, 0.3) is 0 Å². The summed E-state index contributed by atoms with van der Waals surface area (Å²) >= 11 is 0. The first-order valence-electron chi connectivity index (χ1n) is 7.21. The van der Waals surface area contributed by atoms with Gasteiger partial charge in [0.1, 0.15) is 0 Å². The van der Waals surface area contributed by atoms with Crippen molar-refractivity contribution in [2.24, 2.45) is 5.73 Å². The Bertz CT molecular complexity index is 410. The largest absolute Gasteiger partial charge is 0.350 e. The molecule has 2 rings (SSSR count). The molecule has 0 radical (unpaired) electrons. The first-order valence-corrected chi connectivity index (χ1v) is 7.21. The van der Waals surface area contributed by atoms with Gasteiger partial charge in [-0.3, -0.25) is 4.79 Å². The van der Waals surface area contributed by atoms with Crippen molar-refractivity contribution in [2.45, 2.75) is 57.0 Å². The molecule has 1 amide bonds. The Hall–Kier alpha value is -1.35. The lowest BCUT2D eigenvalue weighted by Gasteiger charge is -2.35. The quantitative estimate of drug-likeness (QED) is 0.873. The van der Waals surface area contributed by atoms with Crippen LogP contribution in [0.4, 0.5) is 0 Å². The smallest absolute Gasteiger partial charge is 0.237 e. The number of hydrogen-bond donors (Lipinski definition) is 2. The second kappa shape index (κ2) is 6.20. The lowest BCUT2D eigenvalue weighted by Crippen LogP contribution is -2.53. The summed E-state index contributed by atoms with van der Waals surface area (Å²) in [5.41, 5.74) is 7.07. The van der Waals surface area contributed by atoms with Crippen LogP contribution in [0, 0.1) is 0 Å². The fourth-order valence-corrected chi connectivity index (χ4v) is 2.81. The van der Waals surface area contributed by atoms with Gasteiger partial charge >= 0.3 is 0 Å². The van der Waals surface area contributed by atoms with E-state index < -0.39 is 6.04 Å². The van der Waals surface area contributed by atoms with Gasteiger partial charge in [-0.1, -0.05) is 49.6 Å². The molecule has 0 aliphatic heterocycles. The van der Waals surface area contributed by atoms with Crippen LogP contribution in [0.5, 0.6) is 0 Å². The van der Waals surface area contributed by atoms with Gasteiger partial charge in [-0.05, 0) is 31.7 Å². The highest BCUT2D eigenvalue weighted by atomic mass is 16.2. The Kier molecular flexibility index (Phi) is 4.59. The summed E-state index contributed by atoms with van der Waals surface area (Å²) in [4.78, 5) is 12.2. The summed E-state index contributed by atoms with van der Waals surface area (Å²) in [5.74, 6) is -0.0201. The van der Waals surface area contributed by atoms with E-state index in [1.807, 2.05) is 30.3 Å². The van der Waals surface area contributed by atoms with Gasteiger partial charge in [0.2, 0.25) is 5.91 Å². The Morgan fingerprint density at radius 2 is 1.89 bits per heavy atom. The van der Waals surface area contributed by atoms with Crippen molar-refractivity contribution in [3.05, 3.63) is 35.9 Å². The summed E-state index contributed by atoms with van der Waals surface area (Å²) in [5, 5.41) is 3.15. The van der Waals surface area contributed by atoms with Gasteiger partial charge in [0.05, 0.1) is 6.04 Å². The molecule has 1 fully saturated rings. The number of carbonyl (C=O) groups is 1. The van der Waals surface area contributed by atoms with E-state index in [0.717, 1.165) is 18.4 Å². The number of nitrogens with one attached hydrogen (secondary N) is 1. The highest BCUT2D eigenvalue weighted by molar-refractivity contribution is 5.82. The normalized spacial score (nSPS) is 19.7. The molecule has 1 atom stereocenters. The second-order valence-electron chi connectivity index (χ2n) is 5.91.